The molecule has 3 N–H and O–H groups in total. The number of alkyl halides is 2. The summed E-state index contributed by atoms with van der Waals surface area (Å²) in [7, 11) is 0. The molecule has 2 rings (SSSR count). The molecule has 0 unspecified atom stereocenters. The Bertz CT molecular complexity index is 730. The lowest BCUT2D eigenvalue weighted by molar-refractivity contribution is 0.146. The number of anilines is 1. The summed E-state index contributed by atoms with van der Waals surface area (Å²) < 4.78 is 52.0. The molecule has 1 aromatic heterocycles. The summed E-state index contributed by atoms with van der Waals surface area (Å²) >= 11 is 5.54. The van der Waals surface area contributed by atoms with Gasteiger partial charge in [-0.15, -0.1) is 0 Å². The minimum absolute atomic E-state index is 0.136. The second-order valence-corrected chi connectivity index (χ2v) is 4.31. The molecular weight excluding hydrogens is 300 g/mol. The van der Waals surface area contributed by atoms with Crippen LogP contribution in [0.4, 0.5) is 23.2 Å². The van der Waals surface area contributed by atoms with Crippen molar-refractivity contribution in [3.8, 4) is 11.3 Å². The van der Waals surface area contributed by atoms with Crippen LogP contribution in [0.5, 0.6) is 0 Å². The highest BCUT2D eigenvalue weighted by Gasteiger charge is 2.19. The number of aromatic amines is 1. The zero-order valence-corrected chi connectivity index (χ0v) is 10.4. The SMILES string of the molecule is Nc1cc(-c2cc(F)c(C(F)F)cc2F)[nH]c(=O)c1Cl. The van der Waals surface area contributed by atoms with E-state index in [0.717, 1.165) is 6.07 Å². The van der Waals surface area contributed by atoms with Crippen LogP contribution in [-0.2, 0) is 0 Å². The second kappa shape index (κ2) is 5.16. The molecule has 0 amide bonds. The molecule has 0 saturated heterocycles. The quantitative estimate of drug-likeness (QED) is 0.834. The minimum Gasteiger partial charge on any atom is -0.397 e. The van der Waals surface area contributed by atoms with E-state index in [2.05, 4.69) is 4.98 Å². The van der Waals surface area contributed by atoms with Crippen LogP contribution in [0.3, 0.4) is 0 Å². The maximum Gasteiger partial charge on any atom is 0.269 e. The van der Waals surface area contributed by atoms with E-state index in [9.17, 15) is 22.4 Å². The predicted molar refractivity (Wildman–Crippen MR) is 66.8 cm³/mol. The van der Waals surface area contributed by atoms with Gasteiger partial charge in [-0.2, -0.15) is 0 Å². The van der Waals surface area contributed by atoms with Gasteiger partial charge in [-0.3, -0.25) is 4.79 Å². The lowest BCUT2D eigenvalue weighted by atomic mass is 10.1. The number of rotatable bonds is 2. The van der Waals surface area contributed by atoms with Crippen molar-refractivity contribution in [1.29, 1.82) is 0 Å². The Kier molecular flexibility index (Phi) is 3.71. The van der Waals surface area contributed by atoms with Gasteiger partial charge < -0.3 is 10.7 Å². The van der Waals surface area contributed by atoms with Gasteiger partial charge in [0, 0.05) is 5.56 Å². The molecule has 0 bridgehead atoms. The van der Waals surface area contributed by atoms with Crippen LogP contribution >= 0.6 is 11.6 Å². The maximum absolute atomic E-state index is 13.7. The van der Waals surface area contributed by atoms with E-state index in [0.29, 0.717) is 12.1 Å². The molecule has 0 aliphatic carbocycles. The molecule has 0 atom stereocenters. The zero-order valence-electron chi connectivity index (χ0n) is 9.68. The van der Waals surface area contributed by atoms with Crippen LogP contribution in [0, 0.1) is 11.6 Å². The molecule has 0 saturated carbocycles. The van der Waals surface area contributed by atoms with Crippen molar-refractivity contribution in [2.45, 2.75) is 6.43 Å². The number of hydrogen-bond acceptors (Lipinski definition) is 2. The van der Waals surface area contributed by atoms with Gasteiger partial charge >= 0.3 is 0 Å². The monoisotopic (exact) mass is 306 g/mol. The molecule has 0 radical (unpaired) electrons. The number of nitrogen functional groups attached to an aromatic ring is 1. The first-order chi connectivity index (χ1) is 9.31. The Labute approximate surface area is 115 Å². The lowest BCUT2D eigenvalue weighted by Crippen LogP contribution is -2.10. The maximum atomic E-state index is 13.7. The second-order valence-electron chi connectivity index (χ2n) is 3.94. The van der Waals surface area contributed by atoms with Crippen molar-refractivity contribution in [2.75, 3.05) is 5.73 Å². The van der Waals surface area contributed by atoms with Crippen molar-refractivity contribution in [3.63, 3.8) is 0 Å². The molecule has 1 aromatic carbocycles. The number of H-pyrrole nitrogens is 1. The fourth-order valence-electron chi connectivity index (χ4n) is 1.64. The van der Waals surface area contributed by atoms with E-state index in [4.69, 9.17) is 17.3 Å². The van der Waals surface area contributed by atoms with Crippen molar-refractivity contribution in [3.05, 3.63) is 50.8 Å². The molecule has 8 heteroatoms. The van der Waals surface area contributed by atoms with Gasteiger partial charge in [0.15, 0.2) is 0 Å². The molecule has 0 aliphatic heterocycles. The average molecular weight is 307 g/mol. The van der Waals surface area contributed by atoms with Crippen molar-refractivity contribution < 1.29 is 17.6 Å². The minimum atomic E-state index is -3.15. The number of nitrogens with two attached hydrogens (primary N) is 1. The van der Waals surface area contributed by atoms with Crippen LogP contribution < -0.4 is 11.3 Å². The van der Waals surface area contributed by atoms with E-state index in [1.165, 1.54) is 0 Å². The van der Waals surface area contributed by atoms with E-state index >= 15 is 0 Å². The van der Waals surface area contributed by atoms with Gasteiger partial charge in [0.25, 0.3) is 12.0 Å². The Morgan fingerprint density at radius 2 is 1.80 bits per heavy atom. The Morgan fingerprint density at radius 1 is 1.15 bits per heavy atom. The highest BCUT2D eigenvalue weighted by molar-refractivity contribution is 6.32. The molecule has 2 aromatic rings. The standard InChI is InChI=1S/C12H7ClF4N2O/c13-10-8(18)3-9(19-12(10)20)4-1-7(15)5(11(16)17)2-6(4)14/h1-3,11H,(H3,18,19,20). The largest absolute Gasteiger partial charge is 0.397 e. The topological polar surface area (TPSA) is 58.9 Å². The number of benzene rings is 1. The van der Waals surface area contributed by atoms with Crippen LogP contribution in [0.2, 0.25) is 5.02 Å². The van der Waals surface area contributed by atoms with Gasteiger partial charge in [-0.25, -0.2) is 17.6 Å². The molecule has 0 fully saturated rings. The summed E-state index contributed by atoms with van der Waals surface area (Å²) in [6.07, 6.45) is -3.15. The highest BCUT2D eigenvalue weighted by atomic mass is 35.5. The van der Waals surface area contributed by atoms with Crippen molar-refractivity contribution in [1.82, 2.24) is 4.98 Å². The fourth-order valence-corrected chi connectivity index (χ4v) is 1.75. The predicted octanol–water partition coefficient (Wildman–Crippen LogP) is 3.49. The zero-order chi connectivity index (χ0) is 15.0. The van der Waals surface area contributed by atoms with Gasteiger partial charge in [-0.05, 0) is 18.2 Å². The summed E-state index contributed by atoms with van der Waals surface area (Å²) in [6, 6.07) is 2.05. The highest BCUT2D eigenvalue weighted by Crippen LogP contribution is 2.30. The molecular formula is C12H7ClF4N2O. The summed E-state index contributed by atoms with van der Waals surface area (Å²) in [5, 5.41) is -0.293. The molecule has 0 spiro atoms. The normalized spacial score (nSPS) is 11.1. The first-order valence-electron chi connectivity index (χ1n) is 5.27. The first kappa shape index (κ1) is 14.4. The number of hydrogen-bond donors (Lipinski definition) is 2. The lowest BCUT2D eigenvalue weighted by Gasteiger charge is -2.08. The smallest absolute Gasteiger partial charge is 0.269 e. The fraction of sp³-hybridized carbons (Fsp3) is 0.0833. The summed E-state index contributed by atoms with van der Waals surface area (Å²) in [4.78, 5) is 13.6. The van der Waals surface area contributed by atoms with E-state index in [1.54, 1.807) is 0 Å². The Morgan fingerprint density at radius 3 is 2.35 bits per heavy atom. The number of nitrogens with one attached hydrogen (secondary N) is 1. The van der Waals surface area contributed by atoms with Crippen molar-refractivity contribution >= 4 is 17.3 Å². The third-order valence-corrected chi connectivity index (χ3v) is 3.00. The third kappa shape index (κ3) is 2.49. The van der Waals surface area contributed by atoms with Gasteiger partial charge in [0.05, 0.1) is 16.9 Å². The molecule has 0 aliphatic rings. The number of pyridine rings is 1. The average Bonchev–Trinajstić information content (AvgIpc) is 2.37. The van der Waals surface area contributed by atoms with Crippen LogP contribution in [0.15, 0.2) is 23.0 Å². The molecule has 3 nitrogen and oxygen atoms in total. The van der Waals surface area contributed by atoms with Crippen LogP contribution in [-0.4, -0.2) is 4.98 Å². The molecule has 106 valence electrons. The van der Waals surface area contributed by atoms with E-state index < -0.39 is 34.7 Å². The van der Waals surface area contributed by atoms with Gasteiger partial charge in [0.1, 0.15) is 16.7 Å². The van der Waals surface area contributed by atoms with Gasteiger partial charge in [0.2, 0.25) is 0 Å². The van der Waals surface area contributed by atoms with Crippen LogP contribution in [0.1, 0.15) is 12.0 Å². The Balaban J connectivity index is 2.65. The Hall–Kier alpha value is -2.02. The van der Waals surface area contributed by atoms with Gasteiger partial charge in [-0.1, -0.05) is 11.6 Å². The van der Waals surface area contributed by atoms with Crippen molar-refractivity contribution in [2.24, 2.45) is 0 Å². The van der Waals surface area contributed by atoms with E-state index in [1.807, 2.05) is 0 Å². The molecule has 1 heterocycles. The summed E-state index contributed by atoms with van der Waals surface area (Å²) in [5.41, 5.74) is 2.89. The molecule has 20 heavy (non-hydrogen) atoms. The number of aromatic nitrogens is 1. The summed E-state index contributed by atoms with van der Waals surface area (Å²) in [5.74, 6) is -2.40. The summed E-state index contributed by atoms with van der Waals surface area (Å²) in [6.45, 7) is 0. The first-order valence-corrected chi connectivity index (χ1v) is 5.64. The van der Waals surface area contributed by atoms with E-state index in [-0.39, 0.29) is 16.4 Å². The number of halogens is 5. The van der Waals surface area contributed by atoms with Crippen LogP contribution in [0.25, 0.3) is 11.3 Å². The third-order valence-electron chi connectivity index (χ3n) is 2.61.